The zero-order valence-corrected chi connectivity index (χ0v) is 13.9. The molecule has 2 rings (SSSR count). The fourth-order valence-electron chi connectivity index (χ4n) is 3.46. The van der Waals surface area contributed by atoms with Crippen molar-refractivity contribution in [3.05, 3.63) is 0 Å². The number of amides is 3. The van der Waals surface area contributed by atoms with Crippen molar-refractivity contribution in [3.8, 4) is 0 Å². The summed E-state index contributed by atoms with van der Waals surface area (Å²) in [7, 11) is 0. The lowest BCUT2D eigenvalue weighted by atomic mass is 9.81. The Labute approximate surface area is 128 Å². The van der Waals surface area contributed by atoms with Gasteiger partial charge in [0.25, 0.3) is 0 Å². The first-order valence-corrected chi connectivity index (χ1v) is 8.12. The first-order valence-electron chi connectivity index (χ1n) is 8.12. The molecule has 0 spiro atoms. The highest BCUT2D eigenvalue weighted by atomic mass is 16.2. The standard InChI is InChI=1S/C16H29N3O2/c1-13(20)17-9-11-18(12-10-17)15(21)19-8-6-5-7-14(19)16(2,3)4/h14H,5-12H2,1-4H3. The highest BCUT2D eigenvalue weighted by Gasteiger charge is 2.37. The van der Waals surface area contributed by atoms with Gasteiger partial charge in [0.1, 0.15) is 0 Å². The number of nitrogens with zero attached hydrogens (tertiary/aromatic N) is 3. The number of carbonyl (C=O) groups is 2. The minimum Gasteiger partial charge on any atom is -0.339 e. The summed E-state index contributed by atoms with van der Waals surface area (Å²) in [6.07, 6.45) is 3.41. The van der Waals surface area contributed by atoms with Gasteiger partial charge in [0, 0.05) is 45.7 Å². The fraction of sp³-hybridized carbons (Fsp3) is 0.875. The van der Waals surface area contributed by atoms with E-state index < -0.39 is 0 Å². The maximum atomic E-state index is 12.8. The molecule has 5 nitrogen and oxygen atoms in total. The molecule has 3 amide bonds. The molecular weight excluding hydrogens is 266 g/mol. The molecule has 2 aliphatic rings. The first-order chi connectivity index (χ1) is 9.80. The van der Waals surface area contributed by atoms with Gasteiger partial charge in [0.2, 0.25) is 5.91 Å². The molecule has 2 saturated heterocycles. The van der Waals surface area contributed by atoms with Gasteiger partial charge in [-0.15, -0.1) is 0 Å². The molecule has 0 aromatic heterocycles. The molecule has 21 heavy (non-hydrogen) atoms. The Bertz CT molecular complexity index is 395. The average Bonchev–Trinajstić information content (AvgIpc) is 2.45. The normalized spacial score (nSPS) is 24.2. The monoisotopic (exact) mass is 295 g/mol. The van der Waals surface area contributed by atoms with Gasteiger partial charge >= 0.3 is 6.03 Å². The van der Waals surface area contributed by atoms with Crippen LogP contribution in [0.25, 0.3) is 0 Å². The number of carbonyl (C=O) groups excluding carboxylic acids is 2. The van der Waals surface area contributed by atoms with E-state index in [9.17, 15) is 9.59 Å². The fourth-order valence-corrected chi connectivity index (χ4v) is 3.46. The summed E-state index contributed by atoms with van der Waals surface area (Å²) in [5, 5.41) is 0. The van der Waals surface area contributed by atoms with Gasteiger partial charge in [-0.1, -0.05) is 20.8 Å². The number of piperidine rings is 1. The lowest BCUT2D eigenvalue weighted by Gasteiger charge is -2.46. The number of hydrogen-bond donors (Lipinski definition) is 0. The van der Waals surface area contributed by atoms with Crippen LogP contribution in [-0.4, -0.2) is 65.4 Å². The largest absolute Gasteiger partial charge is 0.339 e. The molecular formula is C16H29N3O2. The van der Waals surface area contributed by atoms with Gasteiger partial charge in [-0.05, 0) is 24.7 Å². The van der Waals surface area contributed by atoms with Crippen molar-refractivity contribution in [3.63, 3.8) is 0 Å². The SMILES string of the molecule is CC(=O)N1CCN(C(=O)N2CCCCC2C(C)(C)C)CC1. The Hall–Kier alpha value is -1.26. The van der Waals surface area contributed by atoms with E-state index in [0.29, 0.717) is 32.2 Å². The third-order valence-electron chi connectivity index (χ3n) is 4.74. The van der Waals surface area contributed by atoms with Gasteiger partial charge in [0.05, 0.1) is 0 Å². The second-order valence-electron chi connectivity index (χ2n) is 7.35. The number of urea groups is 1. The quantitative estimate of drug-likeness (QED) is 0.687. The second-order valence-corrected chi connectivity index (χ2v) is 7.35. The molecule has 2 aliphatic heterocycles. The molecule has 0 aromatic rings. The molecule has 0 bridgehead atoms. The van der Waals surface area contributed by atoms with E-state index in [4.69, 9.17) is 0 Å². The van der Waals surface area contributed by atoms with Crippen LogP contribution < -0.4 is 0 Å². The van der Waals surface area contributed by atoms with Gasteiger partial charge in [-0.3, -0.25) is 4.79 Å². The predicted molar refractivity (Wildman–Crippen MR) is 83.0 cm³/mol. The highest BCUT2D eigenvalue weighted by molar-refractivity contribution is 5.76. The van der Waals surface area contributed by atoms with E-state index in [0.717, 1.165) is 19.4 Å². The smallest absolute Gasteiger partial charge is 0.320 e. The molecule has 0 aliphatic carbocycles. The molecule has 0 N–H and O–H groups in total. The molecule has 2 heterocycles. The van der Waals surface area contributed by atoms with Crippen LogP contribution in [0.3, 0.4) is 0 Å². The Balaban J connectivity index is 2.00. The Morgan fingerprint density at radius 1 is 0.905 bits per heavy atom. The molecule has 1 atom stereocenters. The van der Waals surface area contributed by atoms with Crippen LogP contribution in [0.4, 0.5) is 4.79 Å². The number of hydrogen-bond acceptors (Lipinski definition) is 2. The lowest BCUT2D eigenvalue weighted by Crippen LogP contribution is -2.58. The van der Waals surface area contributed by atoms with E-state index in [2.05, 4.69) is 25.7 Å². The van der Waals surface area contributed by atoms with Crippen LogP contribution in [0, 0.1) is 5.41 Å². The number of piperazine rings is 1. The molecule has 120 valence electrons. The molecule has 0 saturated carbocycles. The van der Waals surface area contributed by atoms with Crippen LogP contribution in [-0.2, 0) is 4.79 Å². The van der Waals surface area contributed by atoms with Gasteiger partial charge in [-0.25, -0.2) is 4.79 Å². The average molecular weight is 295 g/mol. The first kappa shape index (κ1) is 16.1. The zero-order valence-electron chi connectivity index (χ0n) is 13.9. The van der Waals surface area contributed by atoms with Gasteiger partial charge in [-0.2, -0.15) is 0 Å². The summed E-state index contributed by atoms with van der Waals surface area (Å²) < 4.78 is 0. The van der Waals surface area contributed by atoms with Gasteiger partial charge in [0.15, 0.2) is 0 Å². The Morgan fingerprint density at radius 3 is 2.00 bits per heavy atom. The highest BCUT2D eigenvalue weighted by Crippen LogP contribution is 2.32. The second kappa shape index (κ2) is 6.24. The van der Waals surface area contributed by atoms with E-state index in [1.807, 2.05) is 9.80 Å². The maximum Gasteiger partial charge on any atom is 0.320 e. The van der Waals surface area contributed by atoms with Crippen molar-refractivity contribution < 1.29 is 9.59 Å². The summed E-state index contributed by atoms with van der Waals surface area (Å²) in [4.78, 5) is 30.0. The molecule has 0 aromatic carbocycles. The number of likely N-dealkylation sites (tertiary alicyclic amines) is 1. The van der Waals surface area contributed by atoms with Crippen molar-refractivity contribution in [2.24, 2.45) is 5.41 Å². The third-order valence-corrected chi connectivity index (χ3v) is 4.74. The van der Waals surface area contributed by atoms with E-state index in [-0.39, 0.29) is 17.4 Å². The van der Waals surface area contributed by atoms with Crippen LogP contribution in [0.2, 0.25) is 0 Å². The Morgan fingerprint density at radius 2 is 1.48 bits per heavy atom. The van der Waals surface area contributed by atoms with Gasteiger partial charge < -0.3 is 14.7 Å². The van der Waals surface area contributed by atoms with E-state index in [1.54, 1.807) is 6.92 Å². The summed E-state index contributed by atoms with van der Waals surface area (Å²) in [6, 6.07) is 0.488. The lowest BCUT2D eigenvalue weighted by molar-refractivity contribution is -0.130. The van der Waals surface area contributed by atoms with Crippen molar-refractivity contribution in [1.82, 2.24) is 14.7 Å². The maximum absolute atomic E-state index is 12.8. The van der Waals surface area contributed by atoms with Crippen LogP contribution in [0.5, 0.6) is 0 Å². The molecule has 2 fully saturated rings. The van der Waals surface area contributed by atoms with E-state index >= 15 is 0 Å². The van der Waals surface area contributed by atoms with Crippen molar-refractivity contribution in [1.29, 1.82) is 0 Å². The topological polar surface area (TPSA) is 43.9 Å². The third kappa shape index (κ3) is 3.69. The van der Waals surface area contributed by atoms with Crippen molar-refractivity contribution >= 4 is 11.9 Å². The van der Waals surface area contributed by atoms with Crippen LogP contribution in [0.1, 0.15) is 47.0 Å². The van der Waals surface area contributed by atoms with Crippen LogP contribution in [0.15, 0.2) is 0 Å². The Kier molecular flexibility index (Phi) is 4.79. The number of rotatable bonds is 0. The van der Waals surface area contributed by atoms with E-state index in [1.165, 1.54) is 6.42 Å². The summed E-state index contributed by atoms with van der Waals surface area (Å²) in [5.41, 5.74) is 0.122. The van der Waals surface area contributed by atoms with Crippen LogP contribution >= 0.6 is 0 Å². The van der Waals surface area contributed by atoms with Crippen molar-refractivity contribution in [2.75, 3.05) is 32.7 Å². The predicted octanol–water partition coefficient (Wildman–Crippen LogP) is 2.17. The molecule has 1 unspecified atom stereocenters. The molecule has 0 radical (unpaired) electrons. The summed E-state index contributed by atoms with van der Waals surface area (Å²) in [5.74, 6) is 0.104. The zero-order chi connectivity index (χ0) is 15.6. The minimum atomic E-state index is 0.104. The summed E-state index contributed by atoms with van der Waals surface area (Å²) in [6.45, 7) is 11.8. The molecule has 5 heteroatoms. The minimum absolute atomic E-state index is 0.104. The summed E-state index contributed by atoms with van der Waals surface area (Å²) >= 11 is 0. The van der Waals surface area contributed by atoms with Crippen molar-refractivity contribution in [2.45, 2.75) is 53.0 Å².